The number of nitrogens with zero attached hydrogens (tertiary/aromatic N) is 3. The Morgan fingerprint density at radius 1 is 1.30 bits per heavy atom. The molecule has 3 rings (SSSR count). The summed E-state index contributed by atoms with van der Waals surface area (Å²) in [4.78, 5) is 0. The van der Waals surface area contributed by atoms with Crippen LogP contribution in [0.1, 0.15) is 29.9 Å². The molecule has 5 nitrogen and oxygen atoms in total. The van der Waals surface area contributed by atoms with Crippen molar-refractivity contribution in [1.82, 2.24) is 25.3 Å². The van der Waals surface area contributed by atoms with Crippen LogP contribution in [-0.4, -0.2) is 33.1 Å². The lowest BCUT2D eigenvalue weighted by atomic mass is 9.90. The zero-order chi connectivity index (χ0) is 14.3. The number of rotatable bonds is 2. The first-order chi connectivity index (χ1) is 9.51. The third-order valence-corrected chi connectivity index (χ3v) is 4.22. The highest BCUT2D eigenvalue weighted by molar-refractivity contribution is 5.65. The number of H-pyrrole nitrogens is 1. The molecule has 1 aliphatic heterocycles. The van der Waals surface area contributed by atoms with E-state index in [2.05, 4.69) is 20.6 Å². The van der Waals surface area contributed by atoms with Gasteiger partial charge in [-0.25, -0.2) is 4.39 Å². The zero-order valence-corrected chi connectivity index (χ0v) is 12.1. The normalized spacial score (nSPS) is 18.4. The van der Waals surface area contributed by atoms with Crippen LogP contribution in [0.4, 0.5) is 4.39 Å². The monoisotopic (exact) mass is 277 g/mol. The van der Waals surface area contributed by atoms with Gasteiger partial charge in [-0.15, -0.1) is 0 Å². The first-order valence-corrected chi connectivity index (χ1v) is 6.97. The van der Waals surface area contributed by atoms with E-state index in [-0.39, 0.29) is 0 Å². The van der Waals surface area contributed by atoms with Crippen LogP contribution in [0.3, 0.4) is 0 Å². The number of aromatic nitrogens is 4. The van der Waals surface area contributed by atoms with Gasteiger partial charge in [0.05, 0.1) is 17.1 Å². The van der Waals surface area contributed by atoms with Crippen LogP contribution < -0.4 is 5.32 Å². The average Bonchev–Trinajstić information content (AvgIpc) is 2.97. The second-order valence-corrected chi connectivity index (χ2v) is 5.55. The number of halogens is 1. The summed E-state index contributed by atoms with van der Waals surface area (Å²) in [5.74, 6) is 0. The van der Waals surface area contributed by atoms with Crippen molar-refractivity contribution < 1.29 is 4.39 Å². The molecule has 0 saturated carbocycles. The molecule has 3 heterocycles. The number of nitrogens with one attached hydrogen (secondary N) is 2. The number of aromatic amines is 1. The van der Waals surface area contributed by atoms with E-state index in [0.29, 0.717) is 31.6 Å². The number of alkyl halides is 1. The lowest BCUT2D eigenvalue weighted by Gasteiger charge is -2.28. The average molecular weight is 277 g/mol. The van der Waals surface area contributed by atoms with Crippen LogP contribution in [0.15, 0.2) is 6.07 Å². The van der Waals surface area contributed by atoms with E-state index >= 15 is 0 Å². The van der Waals surface area contributed by atoms with Crippen LogP contribution in [-0.2, 0) is 12.7 Å². The van der Waals surface area contributed by atoms with E-state index in [9.17, 15) is 4.39 Å². The van der Waals surface area contributed by atoms with Crippen molar-refractivity contribution in [3.05, 3.63) is 23.1 Å². The third-order valence-electron chi connectivity index (χ3n) is 4.22. The van der Waals surface area contributed by atoms with Crippen LogP contribution in [0.2, 0.25) is 0 Å². The summed E-state index contributed by atoms with van der Waals surface area (Å²) < 4.78 is 16.7. The fraction of sp³-hybridized carbons (Fsp3) is 0.571. The summed E-state index contributed by atoms with van der Waals surface area (Å²) in [5, 5.41) is 14.8. The highest BCUT2D eigenvalue weighted by Crippen LogP contribution is 2.36. The molecule has 0 bridgehead atoms. The highest BCUT2D eigenvalue weighted by Gasteiger charge is 2.35. The van der Waals surface area contributed by atoms with Crippen molar-refractivity contribution in [3.63, 3.8) is 0 Å². The Labute approximate surface area is 117 Å². The molecule has 1 fully saturated rings. The Bertz CT molecular complexity index is 622. The van der Waals surface area contributed by atoms with Gasteiger partial charge >= 0.3 is 0 Å². The SMILES string of the molecule is Cc1nn(C)c(C)c1-c1cc(C2(F)CCNCC2)[nH]n1. The van der Waals surface area contributed by atoms with Crippen molar-refractivity contribution in [2.24, 2.45) is 7.05 Å². The molecule has 0 unspecified atom stereocenters. The van der Waals surface area contributed by atoms with Gasteiger partial charge in [0.15, 0.2) is 5.67 Å². The molecule has 0 aliphatic carbocycles. The minimum atomic E-state index is -1.29. The van der Waals surface area contributed by atoms with E-state index in [4.69, 9.17) is 0 Å². The van der Waals surface area contributed by atoms with Crippen LogP contribution in [0, 0.1) is 13.8 Å². The maximum absolute atomic E-state index is 14.9. The fourth-order valence-electron chi connectivity index (χ4n) is 2.92. The Morgan fingerprint density at radius 3 is 2.60 bits per heavy atom. The molecule has 0 radical (unpaired) electrons. The van der Waals surface area contributed by atoms with Gasteiger partial charge in [-0.2, -0.15) is 10.2 Å². The van der Waals surface area contributed by atoms with Gasteiger partial charge in [-0.3, -0.25) is 9.78 Å². The Kier molecular flexibility index (Phi) is 3.12. The fourth-order valence-corrected chi connectivity index (χ4v) is 2.92. The summed E-state index contributed by atoms with van der Waals surface area (Å²) in [5.41, 5.74) is 3.02. The van der Waals surface area contributed by atoms with Gasteiger partial charge in [-0.05, 0) is 45.8 Å². The first-order valence-electron chi connectivity index (χ1n) is 6.97. The molecule has 108 valence electrons. The topological polar surface area (TPSA) is 58.5 Å². The summed E-state index contributed by atoms with van der Waals surface area (Å²) in [6.45, 7) is 5.36. The first kappa shape index (κ1) is 13.3. The lowest BCUT2D eigenvalue weighted by molar-refractivity contribution is 0.110. The Morgan fingerprint density at radius 2 is 2.00 bits per heavy atom. The number of hydrogen-bond acceptors (Lipinski definition) is 3. The van der Waals surface area contributed by atoms with Gasteiger partial charge in [0.1, 0.15) is 0 Å². The van der Waals surface area contributed by atoms with Crippen molar-refractivity contribution in [3.8, 4) is 11.3 Å². The van der Waals surface area contributed by atoms with E-state index < -0.39 is 5.67 Å². The molecule has 0 aromatic carbocycles. The highest BCUT2D eigenvalue weighted by atomic mass is 19.1. The summed E-state index contributed by atoms with van der Waals surface area (Å²) in [6.07, 6.45) is 0.972. The molecule has 20 heavy (non-hydrogen) atoms. The number of piperidine rings is 1. The van der Waals surface area contributed by atoms with Gasteiger partial charge in [-0.1, -0.05) is 0 Å². The Hall–Kier alpha value is -1.69. The molecule has 1 aliphatic rings. The molecular weight excluding hydrogens is 257 g/mol. The maximum Gasteiger partial charge on any atom is 0.154 e. The second kappa shape index (κ2) is 4.70. The van der Waals surface area contributed by atoms with Crippen LogP contribution in [0.25, 0.3) is 11.3 Å². The molecule has 2 aromatic heterocycles. The predicted molar refractivity (Wildman–Crippen MR) is 75.2 cm³/mol. The van der Waals surface area contributed by atoms with E-state index in [1.807, 2.05) is 31.6 Å². The maximum atomic E-state index is 14.9. The molecule has 0 amide bonds. The second-order valence-electron chi connectivity index (χ2n) is 5.55. The minimum absolute atomic E-state index is 0.486. The van der Waals surface area contributed by atoms with Crippen molar-refractivity contribution in [2.75, 3.05) is 13.1 Å². The van der Waals surface area contributed by atoms with Gasteiger partial charge in [0.25, 0.3) is 0 Å². The van der Waals surface area contributed by atoms with Crippen molar-refractivity contribution in [1.29, 1.82) is 0 Å². The Balaban J connectivity index is 1.98. The van der Waals surface area contributed by atoms with Gasteiger partial charge in [0.2, 0.25) is 0 Å². The smallest absolute Gasteiger partial charge is 0.154 e. The van der Waals surface area contributed by atoms with Crippen LogP contribution in [0.5, 0.6) is 0 Å². The molecule has 0 spiro atoms. The summed E-state index contributed by atoms with van der Waals surface area (Å²) in [6, 6.07) is 1.84. The molecular formula is C14H20FN5. The quantitative estimate of drug-likeness (QED) is 0.882. The molecule has 0 atom stereocenters. The largest absolute Gasteiger partial charge is 0.316 e. The molecule has 1 saturated heterocycles. The summed E-state index contributed by atoms with van der Waals surface area (Å²) in [7, 11) is 1.91. The van der Waals surface area contributed by atoms with Crippen molar-refractivity contribution in [2.45, 2.75) is 32.4 Å². The minimum Gasteiger partial charge on any atom is -0.316 e. The molecule has 2 aromatic rings. The molecule has 6 heteroatoms. The van der Waals surface area contributed by atoms with Gasteiger partial charge in [0, 0.05) is 18.3 Å². The predicted octanol–water partition coefficient (Wildman–Crippen LogP) is 1.98. The van der Waals surface area contributed by atoms with Crippen LogP contribution >= 0.6 is 0 Å². The summed E-state index contributed by atoms with van der Waals surface area (Å²) >= 11 is 0. The lowest BCUT2D eigenvalue weighted by Crippen LogP contribution is -2.36. The van der Waals surface area contributed by atoms with E-state index in [0.717, 1.165) is 22.6 Å². The van der Waals surface area contributed by atoms with E-state index in [1.165, 1.54) is 0 Å². The number of aryl methyl sites for hydroxylation is 2. The van der Waals surface area contributed by atoms with Gasteiger partial charge < -0.3 is 5.32 Å². The van der Waals surface area contributed by atoms with E-state index in [1.54, 1.807) is 0 Å². The van der Waals surface area contributed by atoms with Crippen molar-refractivity contribution >= 4 is 0 Å². The molecule has 2 N–H and O–H groups in total. The standard InChI is InChI=1S/C14H20FN5/c1-9-13(10(2)20(3)19-9)11-8-12(18-17-11)14(15)4-6-16-7-5-14/h8,16H,4-7H2,1-3H3,(H,17,18). The number of hydrogen-bond donors (Lipinski definition) is 2. The third kappa shape index (κ3) is 2.04. The zero-order valence-electron chi connectivity index (χ0n) is 12.1.